The number of rotatable bonds is 5. The Kier molecular flexibility index (Phi) is 7.04. The summed E-state index contributed by atoms with van der Waals surface area (Å²) < 4.78 is 11.9. The Balaban J connectivity index is 1.78. The van der Waals surface area contributed by atoms with E-state index in [1.165, 1.54) is 11.8 Å². The standard InChI is InChI=1S/C11H18O2S6/c1-3-19(13)7-10-6-16-11(18-10)15-5-9(17-11)4-14-8(2)12/h9-10H,3-7H2,1-2H3. The second-order valence-corrected chi connectivity index (χ2v) is 14.3. The van der Waals surface area contributed by atoms with Crippen LogP contribution < -0.4 is 0 Å². The van der Waals surface area contributed by atoms with Crippen molar-refractivity contribution < 1.29 is 9.35 Å². The van der Waals surface area contributed by atoms with Crippen LogP contribution >= 0.6 is 58.8 Å². The Hall–Kier alpha value is 1.73. The molecule has 2 aliphatic heterocycles. The molecule has 8 heteroatoms. The molecule has 0 aromatic rings. The molecule has 0 bridgehead atoms. The van der Waals surface area contributed by atoms with Crippen molar-refractivity contribution in [1.82, 2.24) is 0 Å². The maximum absolute atomic E-state index is 11.6. The van der Waals surface area contributed by atoms with E-state index in [0.29, 0.717) is 10.5 Å². The van der Waals surface area contributed by atoms with Gasteiger partial charge in [-0.1, -0.05) is 22.9 Å². The molecular formula is C11H18O2S6. The molecule has 2 aliphatic rings. The van der Waals surface area contributed by atoms with Crippen molar-refractivity contribution in [3.05, 3.63) is 0 Å². The summed E-state index contributed by atoms with van der Waals surface area (Å²) in [6.07, 6.45) is 0. The maximum atomic E-state index is 11.6. The summed E-state index contributed by atoms with van der Waals surface area (Å²) in [6, 6.07) is 0. The Morgan fingerprint density at radius 2 is 2.00 bits per heavy atom. The van der Waals surface area contributed by atoms with Gasteiger partial charge in [0.1, 0.15) is 11.5 Å². The molecular weight excluding hydrogens is 357 g/mol. The van der Waals surface area contributed by atoms with E-state index in [1.54, 1.807) is 6.92 Å². The molecule has 110 valence electrons. The SMILES string of the molecule is CC[S+]([O-])CC1CSC2(SCC(CSC(C)=O)S2)S1. The minimum atomic E-state index is -0.653. The topological polar surface area (TPSA) is 40.1 Å². The van der Waals surface area contributed by atoms with Crippen molar-refractivity contribution in [2.75, 3.05) is 28.8 Å². The molecule has 0 N–H and O–H groups in total. The minimum Gasteiger partial charge on any atom is -0.616 e. The first-order valence-electron chi connectivity index (χ1n) is 6.15. The van der Waals surface area contributed by atoms with Crippen LogP contribution in [-0.4, -0.2) is 51.7 Å². The lowest BCUT2D eigenvalue weighted by atomic mass is 10.5. The third-order valence-corrected chi connectivity index (χ3v) is 13.5. The van der Waals surface area contributed by atoms with E-state index < -0.39 is 11.2 Å². The van der Waals surface area contributed by atoms with Crippen molar-refractivity contribution in [2.45, 2.75) is 27.1 Å². The number of hydrogen-bond donors (Lipinski definition) is 0. The lowest BCUT2D eigenvalue weighted by Gasteiger charge is -2.20. The Labute approximate surface area is 139 Å². The first kappa shape index (κ1) is 17.1. The Morgan fingerprint density at radius 3 is 2.63 bits per heavy atom. The quantitative estimate of drug-likeness (QED) is 0.683. The van der Waals surface area contributed by atoms with Crippen molar-refractivity contribution in [3.63, 3.8) is 0 Å². The van der Waals surface area contributed by atoms with Crippen LogP contribution in [0.5, 0.6) is 0 Å². The zero-order valence-corrected chi connectivity index (χ0v) is 15.9. The van der Waals surface area contributed by atoms with Gasteiger partial charge < -0.3 is 4.55 Å². The van der Waals surface area contributed by atoms with Crippen LogP contribution in [0, 0.1) is 0 Å². The molecule has 4 atom stereocenters. The third-order valence-electron chi connectivity index (χ3n) is 2.68. The largest absolute Gasteiger partial charge is 0.616 e. The van der Waals surface area contributed by atoms with Crippen LogP contribution in [0.15, 0.2) is 0 Å². The molecule has 1 spiro atoms. The summed E-state index contributed by atoms with van der Waals surface area (Å²) in [7, 11) is 0. The molecule has 0 saturated carbocycles. The fourth-order valence-electron chi connectivity index (χ4n) is 1.77. The molecule has 0 amide bonds. The fraction of sp³-hybridized carbons (Fsp3) is 0.909. The van der Waals surface area contributed by atoms with Gasteiger partial charge in [0.2, 0.25) is 0 Å². The van der Waals surface area contributed by atoms with E-state index in [4.69, 9.17) is 0 Å². The summed E-state index contributed by atoms with van der Waals surface area (Å²) in [6.45, 7) is 3.63. The molecule has 0 radical (unpaired) electrons. The highest BCUT2D eigenvalue weighted by molar-refractivity contribution is 8.50. The van der Waals surface area contributed by atoms with Gasteiger partial charge in [0, 0.05) is 29.4 Å². The zero-order chi connectivity index (χ0) is 13.9. The van der Waals surface area contributed by atoms with E-state index in [2.05, 4.69) is 0 Å². The first-order chi connectivity index (χ1) is 9.03. The van der Waals surface area contributed by atoms with E-state index in [0.717, 1.165) is 28.8 Å². The predicted octanol–water partition coefficient (Wildman–Crippen LogP) is 3.34. The van der Waals surface area contributed by atoms with Crippen LogP contribution in [0.2, 0.25) is 0 Å². The van der Waals surface area contributed by atoms with Gasteiger partial charge in [0.15, 0.2) is 7.86 Å². The van der Waals surface area contributed by atoms with Crippen molar-refractivity contribution in [2.24, 2.45) is 0 Å². The molecule has 4 unspecified atom stereocenters. The summed E-state index contributed by atoms with van der Waals surface area (Å²) in [4.78, 5) is 11.0. The fourth-order valence-corrected chi connectivity index (χ4v) is 12.7. The second-order valence-electron chi connectivity index (χ2n) is 4.30. The molecule has 2 heterocycles. The summed E-state index contributed by atoms with van der Waals surface area (Å²) in [5.41, 5.74) is 0. The molecule has 2 rings (SSSR count). The Morgan fingerprint density at radius 1 is 1.37 bits per heavy atom. The normalized spacial score (nSPS) is 35.9. The molecule has 0 aromatic heterocycles. The highest BCUT2D eigenvalue weighted by Crippen LogP contribution is 2.67. The van der Waals surface area contributed by atoms with Crippen LogP contribution in [0.3, 0.4) is 0 Å². The number of carbonyl (C=O) groups excluding carboxylic acids is 1. The summed E-state index contributed by atoms with van der Waals surface area (Å²) >= 11 is 8.84. The van der Waals surface area contributed by atoms with Gasteiger partial charge in [-0.15, -0.1) is 47.0 Å². The molecule has 2 saturated heterocycles. The van der Waals surface area contributed by atoms with Gasteiger partial charge in [-0.3, -0.25) is 4.79 Å². The van der Waals surface area contributed by atoms with Crippen LogP contribution in [0.1, 0.15) is 13.8 Å². The van der Waals surface area contributed by atoms with Gasteiger partial charge in [-0.05, 0) is 6.92 Å². The van der Waals surface area contributed by atoms with Gasteiger partial charge in [0.05, 0.1) is 5.25 Å². The average Bonchev–Trinajstić information content (AvgIpc) is 2.95. The van der Waals surface area contributed by atoms with E-state index in [9.17, 15) is 9.35 Å². The molecule has 2 fully saturated rings. The molecule has 2 nitrogen and oxygen atoms in total. The number of hydrogen-bond acceptors (Lipinski definition) is 7. The highest BCUT2D eigenvalue weighted by Gasteiger charge is 2.48. The Bertz CT molecular complexity index is 328. The monoisotopic (exact) mass is 374 g/mol. The molecule has 19 heavy (non-hydrogen) atoms. The number of carbonyl (C=O) groups is 1. The van der Waals surface area contributed by atoms with E-state index in [1.807, 2.05) is 54.0 Å². The maximum Gasteiger partial charge on any atom is 0.185 e. The van der Waals surface area contributed by atoms with Crippen molar-refractivity contribution in [1.29, 1.82) is 0 Å². The second kappa shape index (κ2) is 7.83. The summed E-state index contributed by atoms with van der Waals surface area (Å²) in [5.74, 6) is 4.79. The zero-order valence-electron chi connectivity index (χ0n) is 11.0. The van der Waals surface area contributed by atoms with Gasteiger partial charge in [-0.2, -0.15) is 0 Å². The van der Waals surface area contributed by atoms with Gasteiger partial charge in [0.25, 0.3) is 0 Å². The van der Waals surface area contributed by atoms with Crippen LogP contribution in [0.25, 0.3) is 0 Å². The average molecular weight is 375 g/mol. The van der Waals surface area contributed by atoms with Crippen LogP contribution in [0.4, 0.5) is 0 Å². The minimum absolute atomic E-state index is 0.213. The molecule has 0 aromatic carbocycles. The van der Waals surface area contributed by atoms with Crippen LogP contribution in [-0.2, 0) is 16.0 Å². The van der Waals surface area contributed by atoms with Crippen molar-refractivity contribution >= 4 is 75.1 Å². The van der Waals surface area contributed by atoms with Gasteiger partial charge >= 0.3 is 0 Å². The van der Waals surface area contributed by atoms with Gasteiger partial charge in [-0.25, -0.2) is 0 Å². The predicted molar refractivity (Wildman–Crippen MR) is 97.1 cm³/mol. The smallest absolute Gasteiger partial charge is 0.185 e. The lowest BCUT2D eigenvalue weighted by molar-refractivity contribution is -0.109. The van der Waals surface area contributed by atoms with E-state index >= 15 is 0 Å². The first-order valence-corrected chi connectivity index (χ1v) is 12.4. The lowest BCUT2D eigenvalue weighted by Crippen LogP contribution is -2.20. The third kappa shape index (κ3) is 5.14. The summed E-state index contributed by atoms with van der Waals surface area (Å²) in [5, 5.41) is 1.33. The van der Waals surface area contributed by atoms with E-state index in [-0.39, 0.29) is 7.86 Å². The number of thioether (sulfide) groups is 5. The highest BCUT2D eigenvalue weighted by atomic mass is 32.3. The molecule has 0 aliphatic carbocycles. The van der Waals surface area contributed by atoms with Crippen molar-refractivity contribution in [3.8, 4) is 0 Å².